The Kier molecular flexibility index (Phi) is 6.22. The van der Waals surface area contributed by atoms with Crippen LogP contribution in [0.2, 0.25) is 0 Å². The predicted molar refractivity (Wildman–Crippen MR) is 91.1 cm³/mol. The molecule has 0 unspecified atom stereocenters. The van der Waals surface area contributed by atoms with Crippen LogP contribution in [0.25, 0.3) is 0 Å². The van der Waals surface area contributed by atoms with E-state index >= 15 is 0 Å². The first kappa shape index (κ1) is 17.4. The molecule has 5 nitrogen and oxygen atoms in total. The highest BCUT2D eigenvalue weighted by molar-refractivity contribution is 9.11. The number of sulfonamides is 1. The van der Waals surface area contributed by atoms with E-state index in [1.807, 2.05) is 6.92 Å². The van der Waals surface area contributed by atoms with Gasteiger partial charge in [-0.1, -0.05) is 15.9 Å². The molecule has 1 heterocycles. The van der Waals surface area contributed by atoms with Gasteiger partial charge >= 0.3 is 0 Å². The lowest BCUT2D eigenvalue weighted by molar-refractivity contribution is 0.245. The minimum absolute atomic E-state index is 0.264. The van der Waals surface area contributed by atoms with Gasteiger partial charge in [-0.15, -0.1) is 0 Å². The molecule has 8 heteroatoms. The summed E-state index contributed by atoms with van der Waals surface area (Å²) in [7, 11) is -3.50. The van der Waals surface area contributed by atoms with E-state index in [0.717, 1.165) is 42.8 Å². The molecule has 0 atom stereocenters. The maximum atomic E-state index is 12.4. The van der Waals surface area contributed by atoms with Crippen molar-refractivity contribution in [2.45, 2.75) is 11.8 Å². The van der Waals surface area contributed by atoms with Gasteiger partial charge in [0.05, 0.1) is 4.90 Å². The SMILES string of the molecule is Cc1cc(Br)c(S(=O)(=O)NCCN2CCNCC2)cc1Br. The Hall–Kier alpha value is 0.01000. The van der Waals surface area contributed by atoms with Crippen molar-refractivity contribution < 1.29 is 8.42 Å². The molecule has 1 aromatic rings. The van der Waals surface area contributed by atoms with Crippen LogP contribution in [0.5, 0.6) is 0 Å². The van der Waals surface area contributed by atoms with Gasteiger partial charge in [-0.05, 0) is 40.5 Å². The topological polar surface area (TPSA) is 61.4 Å². The summed E-state index contributed by atoms with van der Waals surface area (Å²) in [6.45, 7) is 6.91. The van der Waals surface area contributed by atoms with Gasteiger partial charge in [0.15, 0.2) is 0 Å². The maximum absolute atomic E-state index is 12.4. The summed E-state index contributed by atoms with van der Waals surface area (Å²) in [5.74, 6) is 0. The molecule has 21 heavy (non-hydrogen) atoms. The molecule has 0 spiro atoms. The molecule has 118 valence electrons. The molecule has 0 aromatic heterocycles. The number of hydrogen-bond acceptors (Lipinski definition) is 4. The lowest BCUT2D eigenvalue weighted by Crippen LogP contribution is -2.46. The normalized spacial score (nSPS) is 17.1. The fraction of sp³-hybridized carbons (Fsp3) is 0.538. The molecular formula is C13H19Br2N3O2S. The molecule has 0 aliphatic carbocycles. The summed E-state index contributed by atoms with van der Waals surface area (Å²) in [6.07, 6.45) is 0. The molecule has 0 bridgehead atoms. The Balaban J connectivity index is 1.99. The molecule has 0 amide bonds. The fourth-order valence-corrected chi connectivity index (χ4v) is 4.88. The van der Waals surface area contributed by atoms with E-state index in [4.69, 9.17) is 0 Å². The average molecular weight is 441 g/mol. The third-order valence-corrected chi connectivity index (χ3v) is 6.71. The molecule has 1 aliphatic rings. The summed E-state index contributed by atoms with van der Waals surface area (Å²) in [6, 6.07) is 3.43. The molecule has 0 saturated carbocycles. The molecule has 1 aromatic carbocycles. The Morgan fingerprint density at radius 3 is 2.57 bits per heavy atom. The van der Waals surface area contributed by atoms with Gasteiger partial charge in [0.2, 0.25) is 10.0 Å². The number of nitrogens with zero attached hydrogens (tertiary/aromatic N) is 1. The van der Waals surface area contributed by atoms with E-state index in [1.165, 1.54) is 0 Å². The summed E-state index contributed by atoms with van der Waals surface area (Å²) in [4.78, 5) is 2.51. The van der Waals surface area contributed by atoms with Crippen molar-refractivity contribution >= 4 is 41.9 Å². The molecule has 1 saturated heterocycles. The highest BCUT2D eigenvalue weighted by Gasteiger charge is 2.19. The molecule has 2 rings (SSSR count). The number of aryl methyl sites for hydroxylation is 1. The molecular weight excluding hydrogens is 422 g/mol. The van der Waals surface area contributed by atoms with Crippen LogP contribution in [0.15, 0.2) is 26.0 Å². The second-order valence-corrected chi connectivity index (χ2v) is 8.47. The van der Waals surface area contributed by atoms with Gasteiger partial charge in [-0.25, -0.2) is 13.1 Å². The highest BCUT2D eigenvalue weighted by atomic mass is 79.9. The Labute approximate surface area is 142 Å². The number of hydrogen-bond donors (Lipinski definition) is 2. The van der Waals surface area contributed by atoms with Gasteiger partial charge in [0, 0.05) is 48.2 Å². The molecule has 1 fully saturated rings. The smallest absolute Gasteiger partial charge is 0.241 e. The largest absolute Gasteiger partial charge is 0.314 e. The third kappa shape index (κ3) is 4.74. The van der Waals surface area contributed by atoms with Crippen molar-refractivity contribution in [3.63, 3.8) is 0 Å². The van der Waals surface area contributed by atoms with E-state index in [-0.39, 0.29) is 4.90 Å². The van der Waals surface area contributed by atoms with Crippen LogP contribution in [-0.2, 0) is 10.0 Å². The second kappa shape index (κ2) is 7.52. The standard InChI is InChI=1S/C13H19Br2N3O2S/c1-10-8-12(15)13(9-11(10)14)21(19,20)17-4-7-18-5-2-16-3-6-18/h8-9,16-17H,2-7H2,1H3. The van der Waals surface area contributed by atoms with Crippen molar-refractivity contribution in [2.24, 2.45) is 0 Å². The van der Waals surface area contributed by atoms with Crippen molar-refractivity contribution in [2.75, 3.05) is 39.3 Å². The number of halogens is 2. The maximum Gasteiger partial charge on any atom is 0.241 e. The van der Waals surface area contributed by atoms with Crippen LogP contribution in [0.1, 0.15) is 5.56 Å². The van der Waals surface area contributed by atoms with E-state index < -0.39 is 10.0 Å². The van der Waals surface area contributed by atoms with Crippen LogP contribution in [-0.4, -0.2) is 52.6 Å². The zero-order valence-electron chi connectivity index (χ0n) is 11.8. The first-order valence-electron chi connectivity index (χ1n) is 6.78. The van der Waals surface area contributed by atoms with Gasteiger partial charge in [0.1, 0.15) is 0 Å². The number of piperazine rings is 1. The Morgan fingerprint density at radius 1 is 1.24 bits per heavy atom. The zero-order valence-corrected chi connectivity index (χ0v) is 15.8. The second-order valence-electron chi connectivity index (χ2n) is 5.02. The van der Waals surface area contributed by atoms with Crippen LogP contribution >= 0.6 is 31.9 Å². The minimum Gasteiger partial charge on any atom is -0.314 e. The molecule has 2 N–H and O–H groups in total. The summed E-state index contributed by atoms with van der Waals surface area (Å²) in [5.41, 5.74) is 0.988. The minimum atomic E-state index is -3.50. The third-order valence-electron chi connectivity index (χ3n) is 3.43. The van der Waals surface area contributed by atoms with E-state index in [9.17, 15) is 8.42 Å². The number of nitrogens with one attached hydrogen (secondary N) is 2. The first-order chi connectivity index (χ1) is 9.90. The van der Waals surface area contributed by atoms with Gasteiger partial charge in [-0.2, -0.15) is 0 Å². The van der Waals surface area contributed by atoms with Gasteiger partial charge in [-0.3, -0.25) is 4.90 Å². The summed E-state index contributed by atoms with van der Waals surface area (Å²) in [5, 5.41) is 3.27. The first-order valence-corrected chi connectivity index (χ1v) is 9.85. The van der Waals surface area contributed by atoms with Crippen molar-refractivity contribution in [3.05, 3.63) is 26.6 Å². The Morgan fingerprint density at radius 2 is 1.90 bits per heavy atom. The lowest BCUT2D eigenvalue weighted by atomic mass is 10.2. The van der Waals surface area contributed by atoms with Crippen LogP contribution in [0, 0.1) is 6.92 Å². The predicted octanol–water partition coefficient (Wildman–Crippen LogP) is 1.70. The number of benzene rings is 1. The highest BCUT2D eigenvalue weighted by Crippen LogP contribution is 2.28. The van der Waals surface area contributed by atoms with Crippen LogP contribution < -0.4 is 10.0 Å². The molecule has 0 radical (unpaired) electrons. The van der Waals surface area contributed by atoms with Crippen molar-refractivity contribution in [3.8, 4) is 0 Å². The van der Waals surface area contributed by atoms with Crippen molar-refractivity contribution in [1.29, 1.82) is 0 Å². The summed E-state index contributed by atoms with van der Waals surface area (Å²) < 4.78 is 28.8. The number of rotatable bonds is 5. The van der Waals surface area contributed by atoms with Crippen LogP contribution in [0.4, 0.5) is 0 Å². The lowest BCUT2D eigenvalue weighted by Gasteiger charge is -2.27. The average Bonchev–Trinajstić information content (AvgIpc) is 2.43. The van der Waals surface area contributed by atoms with E-state index in [2.05, 4.69) is 46.8 Å². The van der Waals surface area contributed by atoms with E-state index in [1.54, 1.807) is 12.1 Å². The van der Waals surface area contributed by atoms with E-state index in [0.29, 0.717) is 11.0 Å². The zero-order chi connectivity index (χ0) is 15.5. The van der Waals surface area contributed by atoms with Crippen molar-refractivity contribution in [1.82, 2.24) is 14.9 Å². The quantitative estimate of drug-likeness (QED) is 0.731. The Bertz CT molecular complexity index is 602. The van der Waals surface area contributed by atoms with Gasteiger partial charge in [0.25, 0.3) is 0 Å². The van der Waals surface area contributed by atoms with Gasteiger partial charge < -0.3 is 5.32 Å². The van der Waals surface area contributed by atoms with Crippen LogP contribution in [0.3, 0.4) is 0 Å². The summed E-state index contributed by atoms with van der Waals surface area (Å²) >= 11 is 6.70. The fourth-order valence-electron chi connectivity index (χ4n) is 2.18. The monoisotopic (exact) mass is 439 g/mol. The molecule has 1 aliphatic heterocycles.